The monoisotopic (exact) mass is 254 g/mol. The van der Waals surface area contributed by atoms with Crippen molar-refractivity contribution in [2.75, 3.05) is 6.61 Å². The standard InChI is InChI=1S/C15H26O3/c1-2-17-15(16)12-8-10-14(11-9-12)18-13-6-4-3-5-7-13/h12-14H,2-11H2,1H3. The first-order valence-electron chi connectivity index (χ1n) is 7.61. The molecule has 3 heteroatoms. The average molecular weight is 254 g/mol. The first-order chi connectivity index (χ1) is 8.79. The van der Waals surface area contributed by atoms with Crippen molar-refractivity contribution in [3.05, 3.63) is 0 Å². The molecule has 0 radical (unpaired) electrons. The van der Waals surface area contributed by atoms with Gasteiger partial charge < -0.3 is 9.47 Å². The van der Waals surface area contributed by atoms with Crippen molar-refractivity contribution in [2.24, 2.45) is 5.92 Å². The Morgan fingerprint density at radius 2 is 1.56 bits per heavy atom. The van der Waals surface area contributed by atoms with E-state index >= 15 is 0 Å². The van der Waals surface area contributed by atoms with E-state index < -0.39 is 0 Å². The molecule has 0 saturated heterocycles. The number of hydrogen-bond donors (Lipinski definition) is 0. The average Bonchev–Trinajstić information content (AvgIpc) is 2.41. The van der Waals surface area contributed by atoms with Gasteiger partial charge in [-0.2, -0.15) is 0 Å². The summed E-state index contributed by atoms with van der Waals surface area (Å²) < 4.78 is 11.3. The minimum atomic E-state index is -0.00591. The van der Waals surface area contributed by atoms with Gasteiger partial charge in [-0.25, -0.2) is 0 Å². The van der Waals surface area contributed by atoms with Gasteiger partial charge >= 0.3 is 5.97 Å². The van der Waals surface area contributed by atoms with Crippen molar-refractivity contribution in [1.29, 1.82) is 0 Å². The fourth-order valence-corrected chi connectivity index (χ4v) is 3.17. The molecule has 0 aliphatic heterocycles. The van der Waals surface area contributed by atoms with Crippen LogP contribution in [0.25, 0.3) is 0 Å². The largest absolute Gasteiger partial charge is 0.466 e. The fourth-order valence-electron chi connectivity index (χ4n) is 3.17. The van der Waals surface area contributed by atoms with Crippen LogP contribution in [-0.2, 0) is 14.3 Å². The molecule has 3 nitrogen and oxygen atoms in total. The predicted molar refractivity (Wildman–Crippen MR) is 70.3 cm³/mol. The van der Waals surface area contributed by atoms with Crippen LogP contribution in [0.5, 0.6) is 0 Å². The molecule has 2 aliphatic carbocycles. The molecule has 2 saturated carbocycles. The van der Waals surface area contributed by atoms with Crippen molar-refractivity contribution < 1.29 is 14.3 Å². The first-order valence-corrected chi connectivity index (χ1v) is 7.61. The Hall–Kier alpha value is -0.570. The van der Waals surface area contributed by atoms with E-state index in [2.05, 4.69) is 0 Å². The highest BCUT2D eigenvalue weighted by molar-refractivity contribution is 5.72. The van der Waals surface area contributed by atoms with Gasteiger partial charge in [0.2, 0.25) is 0 Å². The van der Waals surface area contributed by atoms with E-state index in [1.54, 1.807) is 0 Å². The molecule has 0 amide bonds. The van der Waals surface area contributed by atoms with Gasteiger partial charge in [-0.1, -0.05) is 19.3 Å². The van der Waals surface area contributed by atoms with Gasteiger partial charge in [0.25, 0.3) is 0 Å². The summed E-state index contributed by atoms with van der Waals surface area (Å²) in [5, 5.41) is 0. The van der Waals surface area contributed by atoms with Crippen LogP contribution < -0.4 is 0 Å². The number of esters is 1. The molecule has 2 fully saturated rings. The highest BCUT2D eigenvalue weighted by Gasteiger charge is 2.29. The lowest BCUT2D eigenvalue weighted by atomic mass is 9.87. The topological polar surface area (TPSA) is 35.5 Å². The fraction of sp³-hybridized carbons (Fsp3) is 0.933. The van der Waals surface area contributed by atoms with E-state index in [0.29, 0.717) is 18.8 Å². The Morgan fingerprint density at radius 3 is 2.17 bits per heavy atom. The smallest absolute Gasteiger partial charge is 0.308 e. The van der Waals surface area contributed by atoms with Crippen LogP contribution in [0.3, 0.4) is 0 Å². The van der Waals surface area contributed by atoms with Crippen molar-refractivity contribution in [3.63, 3.8) is 0 Å². The molecular weight excluding hydrogens is 228 g/mol. The quantitative estimate of drug-likeness (QED) is 0.721. The molecular formula is C15H26O3. The van der Waals surface area contributed by atoms with Crippen LogP contribution in [0, 0.1) is 5.92 Å². The summed E-state index contributed by atoms with van der Waals surface area (Å²) in [4.78, 5) is 11.6. The summed E-state index contributed by atoms with van der Waals surface area (Å²) in [5.74, 6) is 0.116. The SMILES string of the molecule is CCOC(=O)C1CCC(OC2CCCCC2)CC1. The summed E-state index contributed by atoms with van der Waals surface area (Å²) >= 11 is 0. The maximum atomic E-state index is 11.6. The van der Waals surface area contributed by atoms with Gasteiger partial charge in [-0.15, -0.1) is 0 Å². The van der Waals surface area contributed by atoms with Crippen LogP contribution in [0.2, 0.25) is 0 Å². The molecule has 0 heterocycles. The normalized spacial score (nSPS) is 30.1. The highest BCUT2D eigenvalue weighted by atomic mass is 16.5. The van der Waals surface area contributed by atoms with Gasteiger partial charge in [0.15, 0.2) is 0 Å². The van der Waals surface area contributed by atoms with E-state index in [0.717, 1.165) is 25.7 Å². The molecule has 0 atom stereocenters. The number of rotatable bonds is 4. The van der Waals surface area contributed by atoms with Crippen LogP contribution in [0.4, 0.5) is 0 Å². The van der Waals surface area contributed by atoms with Gasteiger partial charge in [0, 0.05) is 0 Å². The lowest BCUT2D eigenvalue weighted by Gasteiger charge is -2.32. The second-order valence-electron chi connectivity index (χ2n) is 5.62. The molecule has 0 aromatic carbocycles. The molecule has 18 heavy (non-hydrogen) atoms. The number of carbonyl (C=O) groups is 1. The van der Waals surface area contributed by atoms with E-state index in [-0.39, 0.29) is 11.9 Å². The third-order valence-corrected chi connectivity index (χ3v) is 4.23. The molecule has 0 bridgehead atoms. The van der Waals surface area contributed by atoms with E-state index in [1.807, 2.05) is 6.92 Å². The maximum absolute atomic E-state index is 11.6. The molecule has 0 aromatic heterocycles. The van der Waals surface area contributed by atoms with Crippen molar-refractivity contribution >= 4 is 5.97 Å². The summed E-state index contributed by atoms with van der Waals surface area (Å²) in [7, 11) is 0. The van der Waals surface area contributed by atoms with E-state index in [4.69, 9.17) is 9.47 Å². The summed E-state index contributed by atoms with van der Waals surface area (Å²) in [6.07, 6.45) is 11.3. The lowest BCUT2D eigenvalue weighted by molar-refractivity contribution is -0.150. The molecule has 0 aromatic rings. The Balaban J connectivity index is 1.68. The summed E-state index contributed by atoms with van der Waals surface area (Å²) in [6, 6.07) is 0. The second kappa shape index (κ2) is 7.13. The van der Waals surface area contributed by atoms with Crippen LogP contribution in [0.1, 0.15) is 64.7 Å². The zero-order valence-corrected chi connectivity index (χ0v) is 11.5. The number of carbonyl (C=O) groups excluding carboxylic acids is 1. The molecule has 2 aliphatic rings. The maximum Gasteiger partial charge on any atom is 0.308 e. The minimum absolute atomic E-state index is 0.00591. The molecule has 2 rings (SSSR count). The Labute approximate surface area is 110 Å². The molecule has 0 unspecified atom stereocenters. The van der Waals surface area contributed by atoms with Gasteiger partial charge in [-0.3, -0.25) is 4.79 Å². The first kappa shape index (κ1) is 13.9. The van der Waals surface area contributed by atoms with Crippen LogP contribution >= 0.6 is 0 Å². The van der Waals surface area contributed by atoms with E-state index in [9.17, 15) is 4.79 Å². The Kier molecular flexibility index (Phi) is 5.48. The molecule has 0 spiro atoms. The molecule has 104 valence electrons. The zero-order chi connectivity index (χ0) is 12.8. The van der Waals surface area contributed by atoms with Crippen molar-refractivity contribution in [1.82, 2.24) is 0 Å². The number of hydrogen-bond acceptors (Lipinski definition) is 3. The number of ether oxygens (including phenoxy) is 2. The Morgan fingerprint density at radius 1 is 0.944 bits per heavy atom. The van der Waals surface area contributed by atoms with Gasteiger partial charge in [0.1, 0.15) is 0 Å². The zero-order valence-electron chi connectivity index (χ0n) is 11.5. The van der Waals surface area contributed by atoms with Gasteiger partial charge in [0.05, 0.1) is 24.7 Å². The van der Waals surface area contributed by atoms with Crippen LogP contribution in [-0.4, -0.2) is 24.8 Å². The third-order valence-electron chi connectivity index (χ3n) is 4.23. The van der Waals surface area contributed by atoms with Crippen LogP contribution in [0.15, 0.2) is 0 Å². The highest BCUT2D eigenvalue weighted by Crippen LogP contribution is 2.30. The van der Waals surface area contributed by atoms with Gasteiger partial charge in [-0.05, 0) is 45.4 Å². The minimum Gasteiger partial charge on any atom is -0.466 e. The summed E-state index contributed by atoms with van der Waals surface area (Å²) in [5.41, 5.74) is 0. The second-order valence-corrected chi connectivity index (χ2v) is 5.62. The van der Waals surface area contributed by atoms with Crippen molar-refractivity contribution in [3.8, 4) is 0 Å². The summed E-state index contributed by atoms with van der Waals surface area (Å²) in [6.45, 7) is 2.37. The third kappa shape index (κ3) is 3.98. The Bertz CT molecular complexity index is 250. The molecule has 0 N–H and O–H groups in total. The predicted octanol–water partition coefficient (Wildman–Crippen LogP) is 3.46. The van der Waals surface area contributed by atoms with Crippen molar-refractivity contribution in [2.45, 2.75) is 76.9 Å². The van der Waals surface area contributed by atoms with E-state index in [1.165, 1.54) is 32.1 Å². The lowest BCUT2D eigenvalue weighted by Crippen LogP contribution is -2.31.